The molecule has 0 saturated carbocycles. The lowest BCUT2D eigenvalue weighted by molar-refractivity contribution is 0.174. The van der Waals surface area contributed by atoms with Crippen LogP contribution in [0.1, 0.15) is 29.0 Å². The number of rotatable bonds is 4. The van der Waals surface area contributed by atoms with Crippen LogP contribution in [0, 0.1) is 6.92 Å². The Morgan fingerprint density at radius 3 is 2.76 bits per heavy atom. The van der Waals surface area contributed by atoms with E-state index < -0.39 is 10.0 Å². The largest absolute Gasteiger partial charge is 0.454 e. The van der Waals surface area contributed by atoms with E-state index in [2.05, 4.69) is 0 Å². The van der Waals surface area contributed by atoms with Crippen molar-refractivity contribution in [1.29, 1.82) is 0 Å². The van der Waals surface area contributed by atoms with Crippen molar-refractivity contribution in [2.75, 3.05) is 19.9 Å². The third kappa shape index (κ3) is 3.24. The molecule has 1 fully saturated rings. The first kappa shape index (κ1) is 16.4. The first-order valence-corrected chi connectivity index (χ1v) is 10.1. The number of sulfonamides is 1. The molecule has 0 radical (unpaired) electrons. The number of hydrogen-bond donors (Lipinski definition) is 0. The molecule has 1 saturated heterocycles. The van der Waals surface area contributed by atoms with E-state index in [1.165, 1.54) is 0 Å². The minimum absolute atomic E-state index is 0.0630. The van der Waals surface area contributed by atoms with Crippen molar-refractivity contribution in [3.05, 3.63) is 59.2 Å². The normalized spacial score (nSPS) is 20.1. The Kier molecular flexibility index (Phi) is 4.17. The van der Waals surface area contributed by atoms with Crippen LogP contribution >= 0.6 is 0 Å². The van der Waals surface area contributed by atoms with Crippen LogP contribution in [0.15, 0.2) is 42.5 Å². The fourth-order valence-electron chi connectivity index (χ4n) is 3.48. The van der Waals surface area contributed by atoms with Crippen LogP contribution in [-0.2, 0) is 15.8 Å². The number of hydrogen-bond acceptors (Lipinski definition) is 4. The van der Waals surface area contributed by atoms with Crippen molar-refractivity contribution in [3.8, 4) is 11.5 Å². The van der Waals surface area contributed by atoms with Gasteiger partial charge in [-0.3, -0.25) is 0 Å². The third-order valence-corrected chi connectivity index (χ3v) is 6.81. The van der Waals surface area contributed by atoms with Gasteiger partial charge in [-0.25, -0.2) is 12.7 Å². The van der Waals surface area contributed by atoms with Crippen LogP contribution < -0.4 is 9.47 Å². The molecule has 5 nitrogen and oxygen atoms in total. The topological polar surface area (TPSA) is 55.8 Å². The van der Waals surface area contributed by atoms with E-state index in [0.29, 0.717) is 13.1 Å². The molecule has 1 unspecified atom stereocenters. The Bertz CT molecular complexity index is 894. The van der Waals surface area contributed by atoms with Gasteiger partial charge in [0.25, 0.3) is 0 Å². The van der Waals surface area contributed by atoms with E-state index in [-0.39, 0.29) is 18.5 Å². The predicted octanol–water partition coefficient (Wildman–Crippen LogP) is 3.04. The smallest absolute Gasteiger partial charge is 0.231 e. The summed E-state index contributed by atoms with van der Waals surface area (Å²) in [4.78, 5) is 0. The summed E-state index contributed by atoms with van der Waals surface area (Å²) in [6.45, 7) is 3.28. The van der Waals surface area contributed by atoms with Gasteiger partial charge >= 0.3 is 0 Å². The average Bonchev–Trinajstić information content (AvgIpc) is 3.25. The average molecular weight is 359 g/mol. The van der Waals surface area contributed by atoms with E-state index in [0.717, 1.165) is 34.6 Å². The minimum atomic E-state index is -3.31. The number of benzene rings is 2. The Morgan fingerprint density at radius 2 is 1.92 bits per heavy atom. The van der Waals surface area contributed by atoms with Crippen molar-refractivity contribution in [3.63, 3.8) is 0 Å². The summed E-state index contributed by atoms with van der Waals surface area (Å²) in [5, 5.41) is 0. The van der Waals surface area contributed by atoms with Gasteiger partial charge in [0.2, 0.25) is 16.8 Å². The summed E-state index contributed by atoms with van der Waals surface area (Å²) >= 11 is 0. The lowest BCUT2D eigenvalue weighted by Crippen LogP contribution is -2.30. The molecule has 2 heterocycles. The monoisotopic (exact) mass is 359 g/mol. The highest BCUT2D eigenvalue weighted by Gasteiger charge is 2.33. The zero-order valence-corrected chi connectivity index (χ0v) is 15.0. The Balaban J connectivity index is 1.49. The molecular weight excluding hydrogens is 338 g/mol. The first-order chi connectivity index (χ1) is 12.0. The van der Waals surface area contributed by atoms with E-state index in [1.807, 2.05) is 49.4 Å². The van der Waals surface area contributed by atoms with Crippen molar-refractivity contribution in [2.45, 2.75) is 25.0 Å². The van der Waals surface area contributed by atoms with Crippen LogP contribution in [0.5, 0.6) is 11.5 Å². The maximum absolute atomic E-state index is 12.8. The summed E-state index contributed by atoms with van der Waals surface area (Å²) in [5.74, 6) is 1.76. The molecule has 0 aliphatic carbocycles. The van der Waals surface area contributed by atoms with E-state index in [4.69, 9.17) is 9.47 Å². The molecular formula is C19H21NO4S. The van der Waals surface area contributed by atoms with Gasteiger partial charge in [0.15, 0.2) is 11.5 Å². The van der Waals surface area contributed by atoms with Gasteiger partial charge in [-0.1, -0.05) is 30.3 Å². The fourth-order valence-corrected chi connectivity index (χ4v) is 5.17. The molecule has 0 spiro atoms. The van der Waals surface area contributed by atoms with Crippen LogP contribution in [0.4, 0.5) is 0 Å². The van der Waals surface area contributed by atoms with Crippen molar-refractivity contribution in [2.24, 2.45) is 0 Å². The number of nitrogens with zero attached hydrogens (tertiary/aromatic N) is 1. The molecule has 25 heavy (non-hydrogen) atoms. The Morgan fingerprint density at radius 1 is 1.12 bits per heavy atom. The second-order valence-electron chi connectivity index (χ2n) is 6.64. The van der Waals surface area contributed by atoms with Gasteiger partial charge in [-0.15, -0.1) is 0 Å². The minimum Gasteiger partial charge on any atom is -0.454 e. The standard InChI is InChI=1S/C19H21NO4S/c1-14-4-2-3-5-17(14)12-25(21,22)20-9-8-16(11-20)15-6-7-18-19(10-15)24-13-23-18/h2-7,10,16H,8-9,11-13H2,1H3. The van der Waals surface area contributed by atoms with Crippen LogP contribution in [-0.4, -0.2) is 32.6 Å². The van der Waals surface area contributed by atoms with Crippen LogP contribution in [0.3, 0.4) is 0 Å². The van der Waals surface area contributed by atoms with Crippen LogP contribution in [0.2, 0.25) is 0 Å². The molecule has 0 amide bonds. The maximum Gasteiger partial charge on any atom is 0.231 e. The lowest BCUT2D eigenvalue weighted by atomic mass is 9.98. The number of aryl methyl sites for hydroxylation is 1. The van der Waals surface area contributed by atoms with Gasteiger partial charge in [-0.05, 0) is 48.1 Å². The van der Waals surface area contributed by atoms with E-state index in [1.54, 1.807) is 4.31 Å². The lowest BCUT2D eigenvalue weighted by Gasteiger charge is -2.17. The molecule has 0 bridgehead atoms. The Hall–Kier alpha value is -2.05. The molecule has 2 aliphatic heterocycles. The summed E-state index contributed by atoms with van der Waals surface area (Å²) in [6.07, 6.45) is 0.826. The summed E-state index contributed by atoms with van der Waals surface area (Å²) in [6, 6.07) is 13.5. The Labute approximate surface area is 148 Å². The molecule has 0 N–H and O–H groups in total. The van der Waals surface area contributed by atoms with E-state index >= 15 is 0 Å². The van der Waals surface area contributed by atoms with Gasteiger partial charge in [0.05, 0.1) is 5.75 Å². The second kappa shape index (κ2) is 6.35. The van der Waals surface area contributed by atoms with Gasteiger partial charge in [0.1, 0.15) is 0 Å². The molecule has 6 heteroatoms. The summed E-state index contributed by atoms with van der Waals surface area (Å²) in [7, 11) is -3.31. The molecule has 0 aromatic heterocycles. The first-order valence-electron chi connectivity index (χ1n) is 8.45. The molecule has 2 aromatic rings. The van der Waals surface area contributed by atoms with Crippen molar-refractivity contribution < 1.29 is 17.9 Å². The van der Waals surface area contributed by atoms with Gasteiger partial charge in [0, 0.05) is 13.1 Å². The summed E-state index contributed by atoms with van der Waals surface area (Å²) < 4.78 is 38.0. The fraction of sp³-hybridized carbons (Fsp3) is 0.368. The quantitative estimate of drug-likeness (QED) is 0.842. The van der Waals surface area contributed by atoms with E-state index in [9.17, 15) is 8.42 Å². The molecule has 4 rings (SSSR count). The van der Waals surface area contributed by atoms with Crippen molar-refractivity contribution in [1.82, 2.24) is 4.31 Å². The van der Waals surface area contributed by atoms with Gasteiger partial charge in [-0.2, -0.15) is 0 Å². The summed E-state index contributed by atoms with van der Waals surface area (Å²) in [5.41, 5.74) is 2.99. The molecule has 1 atom stereocenters. The third-order valence-electron chi connectivity index (χ3n) is 5.01. The number of ether oxygens (including phenoxy) is 2. The molecule has 2 aliphatic rings. The van der Waals surface area contributed by atoms with Crippen molar-refractivity contribution >= 4 is 10.0 Å². The highest BCUT2D eigenvalue weighted by molar-refractivity contribution is 7.88. The second-order valence-corrected chi connectivity index (χ2v) is 8.61. The zero-order chi connectivity index (χ0) is 17.4. The maximum atomic E-state index is 12.8. The highest BCUT2D eigenvalue weighted by atomic mass is 32.2. The van der Waals surface area contributed by atoms with Gasteiger partial charge < -0.3 is 9.47 Å². The zero-order valence-electron chi connectivity index (χ0n) is 14.1. The SMILES string of the molecule is Cc1ccccc1CS(=O)(=O)N1CCC(c2ccc3c(c2)OCO3)C1. The molecule has 2 aromatic carbocycles. The van der Waals surface area contributed by atoms with Crippen LogP contribution in [0.25, 0.3) is 0 Å². The predicted molar refractivity (Wildman–Crippen MR) is 95.3 cm³/mol. The molecule has 132 valence electrons. The number of fused-ring (bicyclic) bond motifs is 1. The highest BCUT2D eigenvalue weighted by Crippen LogP contribution is 2.37.